The van der Waals surface area contributed by atoms with Crippen LogP contribution >= 0.6 is 0 Å². The van der Waals surface area contributed by atoms with Crippen LogP contribution in [-0.4, -0.2) is 53.5 Å². The summed E-state index contributed by atoms with van der Waals surface area (Å²) in [6.45, 7) is 5.65. The van der Waals surface area contributed by atoms with E-state index in [-0.39, 0.29) is 24.6 Å². The van der Waals surface area contributed by atoms with Gasteiger partial charge in [-0.15, -0.1) is 0 Å². The van der Waals surface area contributed by atoms with Crippen molar-refractivity contribution in [1.29, 1.82) is 0 Å². The predicted octanol–water partition coefficient (Wildman–Crippen LogP) is 1.98. The summed E-state index contributed by atoms with van der Waals surface area (Å²) in [6, 6.07) is 9.09. The van der Waals surface area contributed by atoms with E-state index in [1.807, 2.05) is 37.3 Å². The molecule has 1 saturated heterocycles. The van der Waals surface area contributed by atoms with Crippen LogP contribution in [0.25, 0.3) is 0 Å². The third kappa shape index (κ3) is 4.71. The molecule has 24 heavy (non-hydrogen) atoms. The van der Waals surface area contributed by atoms with Gasteiger partial charge in [-0.1, -0.05) is 30.3 Å². The molecule has 1 aromatic rings. The van der Waals surface area contributed by atoms with Gasteiger partial charge in [-0.2, -0.15) is 0 Å². The zero-order chi connectivity index (χ0) is 17.5. The minimum absolute atomic E-state index is 0.00604. The van der Waals surface area contributed by atoms with Crippen LogP contribution in [0.4, 0.5) is 4.79 Å². The van der Waals surface area contributed by atoms with Crippen molar-refractivity contribution < 1.29 is 14.3 Å². The Morgan fingerprint density at radius 2 is 2.08 bits per heavy atom. The van der Waals surface area contributed by atoms with Crippen LogP contribution in [0.1, 0.15) is 32.3 Å². The summed E-state index contributed by atoms with van der Waals surface area (Å²) in [7, 11) is 0. The summed E-state index contributed by atoms with van der Waals surface area (Å²) in [5, 5.41) is 0. The van der Waals surface area contributed by atoms with Crippen LogP contribution in [0.3, 0.4) is 0 Å². The standard InChI is InChI=1S/C18H27N3O3/c1-3-21(17(22)14(2)19)16-10-7-11-20(12-16)18(23)24-13-15-8-5-4-6-9-15/h4-6,8-9,14,16H,3,7,10-13,19H2,1-2H3/t14-,16-/m0/s1. The van der Waals surface area contributed by atoms with Crippen molar-refractivity contribution in [3.05, 3.63) is 35.9 Å². The fourth-order valence-corrected chi connectivity index (χ4v) is 3.04. The Labute approximate surface area is 143 Å². The number of piperidine rings is 1. The van der Waals surface area contributed by atoms with Crippen molar-refractivity contribution in [2.45, 2.75) is 45.4 Å². The average Bonchev–Trinajstić information content (AvgIpc) is 2.61. The second-order valence-electron chi connectivity index (χ2n) is 6.20. The quantitative estimate of drug-likeness (QED) is 0.894. The molecule has 1 aliphatic rings. The van der Waals surface area contributed by atoms with Crippen LogP contribution < -0.4 is 5.73 Å². The smallest absolute Gasteiger partial charge is 0.410 e. The molecule has 2 N–H and O–H groups in total. The number of hydrogen-bond acceptors (Lipinski definition) is 4. The van der Waals surface area contributed by atoms with Crippen LogP contribution in [0.15, 0.2) is 30.3 Å². The normalized spacial score (nSPS) is 18.8. The number of hydrogen-bond donors (Lipinski definition) is 1. The lowest BCUT2D eigenvalue weighted by Gasteiger charge is -2.39. The summed E-state index contributed by atoms with van der Waals surface area (Å²) in [6.07, 6.45) is 1.41. The van der Waals surface area contributed by atoms with Gasteiger partial charge in [0, 0.05) is 25.7 Å². The highest BCUT2D eigenvalue weighted by molar-refractivity contribution is 5.81. The number of nitrogens with two attached hydrogens (primary N) is 1. The van der Waals surface area contributed by atoms with Crippen molar-refractivity contribution >= 4 is 12.0 Å². The molecule has 0 spiro atoms. The number of rotatable bonds is 5. The third-order valence-corrected chi connectivity index (χ3v) is 4.31. The van der Waals surface area contributed by atoms with Gasteiger partial charge in [-0.25, -0.2) is 4.79 Å². The number of amides is 2. The molecule has 1 aromatic carbocycles. The topological polar surface area (TPSA) is 75.9 Å². The Bertz CT molecular complexity index is 548. The largest absolute Gasteiger partial charge is 0.445 e. The molecular weight excluding hydrogens is 306 g/mol. The maximum absolute atomic E-state index is 12.3. The molecule has 0 saturated carbocycles. The number of carbonyl (C=O) groups is 2. The summed E-state index contributed by atoms with van der Waals surface area (Å²) in [4.78, 5) is 28.0. The van der Waals surface area contributed by atoms with E-state index in [4.69, 9.17) is 10.5 Å². The fraction of sp³-hybridized carbons (Fsp3) is 0.556. The first-order valence-electron chi connectivity index (χ1n) is 8.54. The Kier molecular flexibility index (Phi) is 6.61. The van der Waals surface area contributed by atoms with E-state index >= 15 is 0 Å². The van der Waals surface area contributed by atoms with Crippen LogP contribution in [0.5, 0.6) is 0 Å². The van der Waals surface area contributed by atoms with Gasteiger partial charge in [0.1, 0.15) is 6.61 Å². The van der Waals surface area contributed by atoms with Crippen molar-refractivity contribution in [1.82, 2.24) is 9.80 Å². The average molecular weight is 333 g/mol. The monoisotopic (exact) mass is 333 g/mol. The molecule has 0 radical (unpaired) electrons. The van der Waals surface area contributed by atoms with Gasteiger partial charge in [-0.05, 0) is 32.3 Å². The zero-order valence-electron chi connectivity index (χ0n) is 14.5. The van der Waals surface area contributed by atoms with E-state index < -0.39 is 6.04 Å². The van der Waals surface area contributed by atoms with Gasteiger partial charge in [0.25, 0.3) is 0 Å². The van der Waals surface area contributed by atoms with Gasteiger partial charge >= 0.3 is 6.09 Å². The molecule has 1 heterocycles. The SMILES string of the molecule is CCN(C(=O)[C@H](C)N)[C@H]1CCCN(C(=O)OCc2ccccc2)C1. The second-order valence-corrected chi connectivity index (χ2v) is 6.20. The van der Waals surface area contributed by atoms with E-state index in [0.29, 0.717) is 19.6 Å². The lowest BCUT2D eigenvalue weighted by atomic mass is 10.0. The van der Waals surface area contributed by atoms with Gasteiger partial charge in [0.15, 0.2) is 0 Å². The van der Waals surface area contributed by atoms with E-state index in [0.717, 1.165) is 18.4 Å². The fourth-order valence-electron chi connectivity index (χ4n) is 3.04. The summed E-state index contributed by atoms with van der Waals surface area (Å²) in [5.41, 5.74) is 6.69. The third-order valence-electron chi connectivity index (χ3n) is 4.31. The number of nitrogens with zero attached hydrogens (tertiary/aromatic N) is 2. The van der Waals surface area contributed by atoms with Crippen molar-refractivity contribution in [3.63, 3.8) is 0 Å². The Morgan fingerprint density at radius 3 is 2.71 bits per heavy atom. The van der Waals surface area contributed by atoms with Crippen LogP contribution in [-0.2, 0) is 16.1 Å². The lowest BCUT2D eigenvalue weighted by Crippen LogP contribution is -2.54. The van der Waals surface area contributed by atoms with E-state index in [2.05, 4.69) is 0 Å². The van der Waals surface area contributed by atoms with Gasteiger partial charge < -0.3 is 20.3 Å². The lowest BCUT2D eigenvalue weighted by molar-refractivity contribution is -0.135. The molecule has 132 valence electrons. The molecule has 0 bridgehead atoms. The summed E-state index contributed by atoms with van der Waals surface area (Å²) < 4.78 is 5.40. The Balaban J connectivity index is 1.91. The summed E-state index contributed by atoms with van der Waals surface area (Å²) in [5.74, 6) is -0.0676. The zero-order valence-corrected chi connectivity index (χ0v) is 14.5. The summed E-state index contributed by atoms with van der Waals surface area (Å²) >= 11 is 0. The molecule has 1 fully saturated rings. The van der Waals surface area contributed by atoms with Crippen LogP contribution in [0.2, 0.25) is 0 Å². The highest BCUT2D eigenvalue weighted by Crippen LogP contribution is 2.18. The van der Waals surface area contributed by atoms with Gasteiger partial charge in [0.2, 0.25) is 5.91 Å². The minimum Gasteiger partial charge on any atom is -0.445 e. The Hall–Kier alpha value is -2.08. The van der Waals surface area contributed by atoms with Crippen LogP contribution in [0, 0.1) is 0 Å². The number of benzene rings is 1. The molecule has 2 atom stereocenters. The van der Waals surface area contributed by atoms with Crippen molar-refractivity contribution in [2.75, 3.05) is 19.6 Å². The number of likely N-dealkylation sites (N-methyl/N-ethyl adjacent to an activating group) is 1. The van der Waals surface area contributed by atoms with E-state index in [9.17, 15) is 9.59 Å². The molecule has 0 aromatic heterocycles. The second kappa shape index (κ2) is 8.68. The molecule has 0 unspecified atom stereocenters. The maximum atomic E-state index is 12.3. The molecule has 6 heteroatoms. The minimum atomic E-state index is -0.523. The first-order chi connectivity index (χ1) is 11.5. The van der Waals surface area contributed by atoms with Gasteiger partial charge in [0.05, 0.1) is 6.04 Å². The number of ether oxygens (including phenoxy) is 1. The van der Waals surface area contributed by atoms with Crippen molar-refractivity contribution in [3.8, 4) is 0 Å². The van der Waals surface area contributed by atoms with Gasteiger partial charge in [-0.3, -0.25) is 4.79 Å². The highest BCUT2D eigenvalue weighted by atomic mass is 16.6. The first kappa shape index (κ1) is 18.3. The molecule has 1 aliphatic heterocycles. The highest BCUT2D eigenvalue weighted by Gasteiger charge is 2.31. The molecule has 0 aliphatic carbocycles. The molecule has 2 rings (SSSR count). The molecular formula is C18H27N3O3. The number of carbonyl (C=O) groups excluding carboxylic acids is 2. The molecule has 2 amide bonds. The van der Waals surface area contributed by atoms with E-state index in [1.165, 1.54) is 0 Å². The number of likely N-dealkylation sites (tertiary alicyclic amines) is 1. The first-order valence-corrected chi connectivity index (χ1v) is 8.54. The molecule has 6 nitrogen and oxygen atoms in total. The maximum Gasteiger partial charge on any atom is 0.410 e. The predicted molar refractivity (Wildman–Crippen MR) is 92.3 cm³/mol. The Morgan fingerprint density at radius 1 is 1.38 bits per heavy atom. The van der Waals surface area contributed by atoms with E-state index in [1.54, 1.807) is 16.7 Å². The van der Waals surface area contributed by atoms with Crippen molar-refractivity contribution in [2.24, 2.45) is 5.73 Å².